The van der Waals surface area contributed by atoms with Gasteiger partial charge >= 0.3 is 0 Å². The van der Waals surface area contributed by atoms with Crippen molar-refractivity contribution in [2.24, 2.45) is 0 Å². The Labute approximate surface area is 139 Å². The molecule has 0 saturated heterocycles. The van der Waals surface area contributed by atoms with Crippen molar-refractivity contribution < 1.29 is 14.0 Å². The second kappa shape index (κ2) is 7.88. The van der Waals surface area contributed by atoms with Gasteiger partial charge in [0.25, 0.3) is 0 Å². The fraction of sp³-hybridized carbons (Fsp3) is 0.167. The molecule has 2 aromatic carbocycles. The number of rotatable bonds is 5. The number of nitriles is 1. The van der Waals surface area contributed by atoms with Crippen LogP contribution in [0.2, 0.25) is 0 Å². The number of carbonyl (C=O) groups is 2. The van der Waals surface area contributed by atoms with Gasteiger partial charge in [0.15, 0.2) is 0 Å². The maximum atomic E-state index is 13.5. The van der Waals surface area contributed by atoms with Gasteiger partial charge in [0.2, 0.25) is 11.8 Å². The smallest absolute Gasteiger partial charge is 0.240 e. The van der Waals surface area contributed by atoms with Crippen LogP contribution in [0.15, 0.2) is 48.5 Å². The fourth-order valence-corrected chi connectivity index (χ4v) is 2.14. The predicted octanol–water partition coefficient (Wildman–Crippen LogP) is 2.37. The zero-order valence-corrected chi connectivity index (χ0v) is 13.1. The monoisotopic (exact) mass is 325 g/mol. The SMILES string of the molecule is CC(=O)N(CC(=O)NCc1ccccc1F)c1ccc(C#N)cc1. The lowest BCUT2D eigenvalue weighted by molar-refractivity contribution is -0.123. The van der Waals surface area contributed by atoms with E-state index in [4.69, 9.17) is 5.26 Å². The second-order valence-electron chi connectivity index (χ2n) is 5.13. The maximum absolute atomic E-state index is 13.5. The van der Waals surface area contributed by atoms with E-state index in [-0.39, 0.29) is 19.0 Å². The fourth-order valence-electron chi connectivity index (χ4n) is 2.14. The van der Waals surface area contributed by atoms with E-state index in [2.05, 4.69) is 5.32 Å². The van der Waals surface area contributed by atoms with E-state index < -0.39 is 11.7 Å². The van der Waals surface area contributed by atoms with Crippen molar-refractivity contribution in [2.45, 2.75) is 13.5 Å². The third-order valence-corrected chi connectivity index (χ3v) is 3.42. The number of halogens is 1. The Balaban J connectivity index is 2.02. The average Bonchev–Trinajstić information content (AvgIpc) is 2.59. The van der Waals surface area contributed by atoms with Gasteiger partial charge in [-0.1, -0.05) is 18.2 Å². The molecule has 2 rings (SSSR count). The molecule has 2 aromatic rings. The average molecular weight is 325 g/mol. The van der Waals surface area contributed by atoms with Gasteiger partial charge in [0, 0.05) is 24.7 Å². The summed E-state index contributed by atoms with van der Waals surface area (Å²) in [7, 11) is 0. The molecular formula is C18H16FN3O2. The molecule has 24 heavy (non-hydrogen) atoms. The van der Waals surface area contributed by atoms with Crippen LogP contribution in [0.1, 0.15) is 18.1 Å². The van der Waals surface area contributed by atoms with Gasteiger partial charge in [-0.25, -0.2) is 4.39 Å². The largest absolute Gasteiger partial charge is 0.350 e. The summed E-state index contributed by atoms with van der Waals surface area (Å²) in [5.41, 5.74) is 1.35. The highest BCUT2D eigenvalue weighted by Crippen LogP contribution is 2.15. The lowest BCUT2D eigenvalue weighted by Crippen LogP contribution is -2.39. The highest BCUT2D eigenvalue weighted by atomic mass is 19.1. The predicted molar refractivity (Wildman–Crippen MR) is 87.4 cm³/mol. The number of nitrogens with zero attached hydrogens (tertiary/aromatic N) is 2. The van der Waals surface area contributed by atoms with E-state index in [1.54, 1.807) is 42.5 Å². The number of amides is 2. The molecule has 1 N–H and O–H groups in total. The minimum atomic E-state index is -0.405. The molecular weight excluding hydrogens is 309 g/mol. The van der Waals surface area contributed by atoms with Crippen LogP contribution in [-0.2, 0) is 16.1 Å². The quantitative estimate of drug-likeness (QED) is 0.917. The lowest BCUT2D eigenvalue weighted by Gasteiger charge is -2.20. The van der Waals surface area contributed by atoms with Crippen molar-refractivity contribution >= 4 is 17.5 Å². The van der Waals surface area contributed by atoms with Gasteiger partial charge in [-0.15, -0.1) is 0 Å². The van der Waals surface area contributed by atoms with Crippen LogP contribution in [0, 0.1) is 17.1 Å². The van der Waals surface area contributed by atoms with Crippen molar-refractivity contribution in [3.8, 4) is 6.07 Å². The maximum Gasteiger partial charge on any atom is 0.240 e. The molecule has 0 spiro atoms. The zero-order valence-electron chi connectivity index (χ0n) is 13.1. The van der Waals surface area contributed by atoms with E-state index in [9.17, 15) is 14.0 Å². The third kappa shape index (κ3) is 4.40. The molecule has 0 saturated carbocycles. The Morgan fingerprint density at radius 2 is 1.83 bits per heavy atom. The van der Waals surface area contributed by atoms with Gasteiger partial charge in [-0.05, 0) is 30.3 Å². The molecule has 0 aliphatic heterocycles. The summed E-state index contributed by atoms with van der Waals surface area (Å²) in [4.78, 5) is 25.1. The molecule has 0 bridgehead atoms. The van der Waals surface area contributed by atoms with Crippen molar-refractivity contribution in [3.63, 3.8) is 0 Å². The number of anilines is 1. The molecule has 0 unspecified atom stereocenters. The summed E-state index contributed by atoms with van der Waals surface area (Å²) in [6, 6.07) is 14.5. The normalized spacial score (nSPS) is 9.88. The van der Waals surface area contributed by atoms with Gasteiger partial charge in [0.1, 0.15) is 12.4 Å². The standard InChI is InChI=1S/C18H16FN3O2/c1-13(23)22(16-8-6-14(10-20)7-9-16)12-18(24)21-11-15-4-2-3-5-17(15)19/h2-9H,11-12H2,1H3,(H,21,24). The van der Waals surface area contributed by atoms with Crippen LogP contribution in [0.3, 0.4) is 0 Å². The molecule has 0 heterocycles. The van der Waals surface area contributed by atoms with E-state index >= 15 is 0 Å². The first-order chi connectivity index (χ1) is 11.5. The van der Waals surface area contributed by atoms with Crippen molar-refractivity contribution in [3.05, 3.63) is 65.5 Å². The van der Waals surface area contributed by atoms with Gasteiger partial charge in [-0.2, -0.15) is 5.26 Å². The number of carbonyl (C=O) groups excluding carboxylic acids is 2. The van der Waals surface area contributed by atoms with Crippen molar-refractivity contribution in [1.29, 1.82) is 5.26 Å². The molecule has 0 aliphatic rings. The zero-order chi connectivity index (χ0) is 17.5. The van der Waals surface area contributed by atoms with Crippen LogP contribution >= 0.6 is 0 Å². The summed E-state index contributed by atoms with van der Waals surface area (Å²) in [6.07, 6.45) is 0. The third-order valence-electron chi connectivity index (χ3n) is 3.42. The number of benzene rings is 2. The Hall–Kier alpha value is -3.20. The summed E-state index contributed by atoms with van der Waals surface area (Å²) < 4.78 is 13.5. The van der Waals surface area contributed by atoms with Crippen LogP contribution < -0.4 is 10.2 Å². The molecule has 2 amide bonds. The summed E-state index contributed by atoms with van der Waals surface area (Å²) >= 11 is 0. The summed E-state index contributed by atoms with van der Waals surface area (Å²) in [5.74, 6) is -1.10. The van der Waals surface area contributed by atoms with E-state index in [1.807, 2.05) is 6.07 Å². The number of nitrogens with one attached hydrogen (secondary N) is 1. The first-order valence-corrected chi connectivity index (χ1v) is 7.29. The van der Waals surface area contributed by atoms with Gasteiger partial charge in [0.05, 0.1) is 11.6 Å². The van der Waals surface area contributed by atoms with Crippen molar-refractivity contribution in [2.75, 3.05) is 11.4 Å². The summed E-state index contributed by atoms with van der Waals surface area (Å²) in [5, 5.41) is 11.4. The topological polar surface area (TPSA) is 73.2 Å². The molecule has 6 heteroatoms. The molecule has 0 fully saturated rings. The van der Waals surface area contributed by atoms with Crippen LogP contribution in [0.25, 0.3) is 0 Å². The minimum absolute atomic E-state index is 0.0463. The molecule has 122 valence electrons. The highest BCUT2D eigenvalue weighted by Gasteiger charge is 2.16. The van der Waals surface area contributed by atoms with E-state index in [0.717, 1.165) is 0 Å². The van der Waals surface area contributed by atoms with E-state index in [0.29, 0.717) is 16.8 Å². The van der Waals surface area contributed by atoms with Crippen molar-refractivity contribution in [1.82, 2.24) is 5.32 Å². The molecule has 0 aromatic heterocycles. The number of hydrogen-bond acceptors (Lipinski definition) is 3. The van der Waals surface area contributed by atoms with E-state index in [1.165, 1.54) is 17.9 Å². The first-order valence-electron chi connectivity index (χ1n) is 7.29. The lowest BCUT2D eigenvalue weighted by atomic mass is 10.2. The Morgan fingerprint density at radius 1 is 1.17 bits per heavy atom. The van der Waals surface area contributed by atoms with Crippen LogP contribution in [0.4, 0.5) is 10.1 Å². The highest BCUT2D eigenvalue weighted by molar-refractivity contribution is 5.97. The molecule has 0 aliphatic carbocycles. The minimum Gasteiger partial charge on any atom is -0.350 e. The molecule has 0 atom stereocenters. The van der Waals surface area contributed by atoms with Gasteiger partial charge in [-0.3, -0.25) is 9.59 Å². The molecule has 0 radical (unpaired) electrons. The Kier molecular flexibility index (Phi) is 5.63. The van der Waals surface area contributed by atoms with Crippen LogP contribution in [-0.4, -0.2) is 18.4 Å². The Morgan fingerprint density at radius 3 is 2.42 bits per heavy atom. The molecule has 5 nitrogen and oxygen atoms in total. The summed E-state index contributed by atoms with van der Waals surface area (Å²) in [6.45, 7) is 1.21. The number of hydrogen-bond donors (Lipinski definition) is 1. The first kappa shape index (κ1) is 17.2. The van der Waals surface area contributed by atoms with Crippen LogP contribution in [0.5, 0.6) is 0 Å². The Bertz CT molecular complexity index is 782. The second-order valence-corrected chi connectivity index (χ2v) is 5.13. The van der Waals surface area contributed by atoms with Gasteiger partial charge < -0.3 is 10.2 Å².